The summed E-state index contributed by atoms with van der Waals surface area (Å²) < 4.78 is 5.75. The molecule has 6 nitrogen and oxygen atoms in total. The maximum atomic E-state index is 12.9. The van der Waals surface area contributed by atoms with Crippen molar-refractivity contribution >= 4 is 23.0 Å². The maximum absolute atomic E-state index is 12.9. The van der Waals surface area contributed by atoms with Crippen molar-refractivity contribution in [1.29, 1.82) is 0 Å². The second-order valence-corrected chi connectivity index (χ2v) is 6.93. The van der Waals surface area contributed by atoms with Crippen LogP contribution >= 0.6 is 0 Å². The first-order valence-corrected chi connectivity index (χ1v) is 10.1. The minimum absolute atomic E-state index is 0.307. The molecule has 0 aliphatic carbocycles. The highest BCUT2D eigenvalue weighted by atomic mass is 16.5. The molecule has 0 aliphatic heterocycles. The minimum Gasteiger partial charge on any atom is -0.494 e. The van der Waals surface area contributed by atoms with E-state index in [9.17, 15) is 4.79 Å². The monoisotopic (exact) mass is 410 g/mol. The van der Waals surface area contributed by atoms with Gasteiger partial charge in [0.25, 0.3) is 5.91 Å². The number of hydrazone groups is 1. The van der Waals surface area contributed by atoms with E-state index in [1.165, 1.54) is 0 Å². The minimum atomic E-state index is -0.307. The van der Waals surface area contributed by atoms with E-state index in [2.05, 4.69) is 22.4 Å². The van der Waals surface area contributed by atoms with E-state index >= 15 is 0 Å². The Morgan fingerprint density at radius 3 is 2.84 bits per heavy atom. The van der Waals surface area contributed by atoms with Gasteiger partial charge in [-0.1, -0.05) is 43.3 Å². The first-order chi connectivity index (χ1) is 15.2. The summed E-state index contributed by atoms with van der Waals surface area (Å²) in [6.45, 7) is 2.72. The lowest BCUT2D eigenvalue weighted by Gasteiger charge is -2.10. The Morgan fingerprint density at radius 1 is 1.10 bits per heavy atom. The average Bonchev–Trinajstić information content (AvgIpc) is 2.83. The number of pyridine rings is 2. The van der Waals surface area contributed by atoms with Crippen molar-refractivity contribution in [2.75, 3.05) is 6.61 Å². The van der Waals surface area contributed by atoms with E-state index < -0.39 is 0 Å². The fourth-order valence-corrected chi connectivity index (χ4v) is 3.15. The van der Waals surface area contributed by atoms with Crippen LogP contribution in [0, 0.1) is 0 Å². The zero-order valence-electron chi connectivity index (χ0n) is 17.2. The third-order valence-corrected chi connectivity index (χ3v) is 4.63. The molecule has 0 spiro atoms. The Bertz CT molecular complexity index is 1220. The number of nitrogens with zero attached hydrogens (tertiary/aromatic N) is 3. The van der Waals surface area contributed by atoms with Crippen molar-refractivity contribution < 1.29 is 9.53 Å². The quantitative estimate of drug-likeness (QED) is 0.349. The van der Waals surface area contributed by atoms with Crippen LogP contribution < -0.4 is 10.2 Å². The molecule has 0 unspecified atom stereocenters. The van der Waals surface area contributed by atoms with Crippen LogP contribution in [0.5, 0.6) is 5.75 Å². The normalized spacial score (nSPS) is 11.0. The van der Waals surface area contributed by atoms with Crippen molar-refractivity contribution in [3.8, 4) is 17.0 Å². The van der Waals surface area contributed by atoms with Gasteiger partial charge in [-0.15, -0.1) is 0 Å². The molecule has 1 N–H and O–H groups in total. The number of hydrogen-bond acceptors (Lipinski definition) is 5. The molecule has 2 heterocycles. The number of benzene rings is 2. The van der Waals surface area contributed by atoms with E-state index in [-0.39, 0.29) is 5.91 Å². The molecule has 0 radical (unpaired) electrons. The summed E-state index contributed by atoms with van der Waals surface area (Å²) in [5.41, 5.74) is 6.22. The molecule has 2 aromatic heterocycles. The second kappa shape index (κ2) is 9.63. The highest BCUT2D eigenvalue weighted by Gasteiger charge is 2.14. The molecule has 0 atom stereocenters. The average molecular weight is 410 g/mol. The van der Waals surface area contributed by atoms with Crippen LogP contribution in [0.2, 0.25) is 0 Å². The van der Waals surface area contributed by atoms with E-state index in [4.69, 9.17) is 9.72 Å². The van der Waals surface area contributed by atoms with Crippen LogP contribution in [0.25, 0.3) is 22.2 Å². The predicted octanol–water partition coefficient (Wildman–Crippen LogP) is 4.85. The topological polar surface area (TPSA) is 76.5 Å². The molecule has 0 fully saturated rings. The van der Waals surface area contributed by atoms with Gasteiger partial charge in [-0.3, -0.25) is 9.78 Å². The van der Waals surface area contributed by atoms with Gasteiger partial charge in [0.05, 0.1) is 29.6 Å². The number of amides is 1. The first kappa shape index (κ1) is 20.2. The number of nitrogens with one attached hydrogen (secondary N) is 1. The molecule has 2 aromatic carbocycles. The molecule has 0 aliphatic rings. The number of rotatable bonds is 7. The zero-order valence-corrected chi connectivity index (χ0v) is 17.2. The molecule has 154 valence electrons. The van der Waals surface area contributed by atoms with Crippen molar-refractivity contribution in [1.82, 2.24) is 15.4 Å². The number of hydrogen-bond donors (Lipinski definition) is 1. The fourth-order valence-electron chi connectivity index (χ4n) is 3.15. The van der Waals surface area contributed by atoms with Crippen molar-refractivity contribution in [2.45, 2.75) is 13.3 Å². The van der Waals surface area contributed by atoms with Crippen molar-refractivity contribution in [3.05, 3.63) is 90.3 Å². The maximum Gasteiger partial charge on any atom is 0.272 e. The van der Waals surface area contributed by atoms with Crippen molar-refractivity contribution in [2.24, 2.45) is 5.10 Å². The Balaban J connectivity index is 1.67. The lowest BCUT2D eigenvalue weighted by atomic mass is 10.0. The standard InChI is InChI=1S/C25H22N4O2/c1-2-13-31-20-9-5-8-19(14-20)24-15-22(21-10-3-4-11-23(21)28-24)25(30)29-27-17-18-7-6-12-26-16-18/h3-12,14-17H,2,13H2,1H3,(H,29,30)/b27-17+. The Labute approximate surface area is 180 Å². The number of carbonyl (C=O) groups is 1. The molecule has 0 bridgehead atoms. The number of ether oxygens (including phenoxy) is 1. The van der Waals surface area contributed by atoms with E-state index in [1.807, 2.05) is 60.7 Å². The molecule has 31 heavy (non-hydrogen) atoms. The third-order valence-electron chi connectivity index (χ3n) is 4.63. The molecule has 1 amide bonds. The fraction of sp³-hybridized carbons (Fsp3) is 0.120. The molecule has 6 heteroatoms. The molecular formula is C25H22N4O2. The van der Waals surface area contributed by atoms with Crippen LogP contribution in [-0.4, -0.2) is 28.7 Å². The number of fused-ring (bicyclic) bond motifs is 1. The third kappa shape index (κ3) is 4.93. The summed E-state index contributed by atoms with van der Waals surface area (Å²) in [7, 11) is 0. The first-order valence-electron chi connectivity index (χ1n) is 10.1. The molecule has 4 rings (SSSR count). The van der Waals surface area contributed by atoms with E-state index in [1.54, 1.807) is 24.7 Å². The van der Waals surface area contributed by atoms with Crippen LogP contribution in [0.4, 0.5) is 0 Å². The van der Waals surface area contributed by atoms with Gasteiger partial charge in [-0.05, 0) is 36.8 Å². The molecular weight excluding hydrogens is 388 g/mol. The van der Waals surface area contributed by atoms with Gasteiger partial charge >= 0.3 is 0 Å². The molecule has 0 saturated carbocycles. The van der Waals surface area contributed by atoms with Gasteiger partial charge in [-0.25, -0.2) is 10.4 Å². The number of para-hydroxylation sites is 1. The highest BCUT2D eigenvalue weighted by Crippen LogP contribution is 2.27. The lowest BCUT2D eigenvalue weighted by molar-refractivity contribution is 0.0956. The largest absolute Gasteiger partial charge is 0.494 e. The summed E-state index contributed by atoms with van der Waals surface area (Å²) in [4.78, 5) is 21.7. The lowest BCUT2D eigenvalue weighted by Crippen LogP contribution is -2.18. The SMILES string of the molecule is CCCOc1cccc(-c2cc(C(=O)N/N=C/c3cccnc3)c3ccccc3n2)c1. The molecule has 0 saturated heterocycles. The van der Waals surface area contributed by atoms with E-state index in [0.29, 0.717) is 17.9 Å². The zero-order chi connectivity index (χ0) is 21.5. The van der Waals surface area contributed by atoms with Crippen LogP contribution in [0.15, 0.2) is 84.2 Å². The summed E-state index contributed by atoms with van der Waals surface area (Å²) in [6, 6.07) is 20.8. The van der Waals surface area contributed by atoms with Crippen LogP contribution in [0.3, 0.4) is 0 Å². The summed E-state index contributed by atoms with van der Waals surface area (Å²) in [5, 5.41) is 4.83. The Hall–Kier alpha value is -4.06. The predicted molar refractivity (Wildman–Crippen MR) is 122 cm³/mol. The smallest absolute Gasteiger partial charge is 0.272 e. The number of aromatic nitrogens is 2. The summed E-state index contributed by atoms with van der Waals surface area (Å²) >= 11 is 0. The Morgan fingerprint density at radius 2 is 2.00 bits per heavy atom. The van der Waals surface area contributed by atoms with Crippen LogP contribution in [0.1, 0.15) is 29.3 Å². The van der Waals surface area contributed by atoms with Crippen molar-refractivity contribution in [3.63, 3.8) is 0 Å². The summed E-state index contributed by atoms with van der Waals surface area (Å²) in [6.07, 6.45) is 5.85. The highest BCUT2D eigenvalue weighted by molar-refractivity contribution is 6.07. The Kier molecular flexibility index (Phi) is 6.28. The van der Waals surface area contributed by atoms with E-state index in [0.717, 1.165) is 34.2 Å². The molecule has 4 aromatic rings. The van der Waals surface area contributed by atoms with Gasteiger partial charge < -0.3 is 4.74 Å². The number of carbonyl (C=O) groups excluding carboxylic acids is 1. The summed E-state index contributed by atoms with van der Waals surface area (Å²) in [5.74, 6) is 0.472. The van der Waals surface area contributed by atoms with Gasteiger partial charge in [-0.2, -0.15) is 5.10 Å². The van der Waals surface area contributed by atoms with Gasteiger partial charge in [0, 0.05) is 28.9 Å². The van der Waals surface area contributed by atoms with Crippen LogP contribution in [-0.2, 0) is 0 Å². The second-order valence-electron chi connectivity index (χ2n) is 6.93. The van der Waals surface area contributed by atoms with Gasteiger partial charge in [0.15, 0.2) is 0 Å². The van der Waals surface area contributed by atoms with Gasteiger partial charge in [0.2, 0.25) is 0 Å². The van der Waals surface area contributed by atoms with Gasteiger partial charge in [0.1, 0.15) is 5.75 Å².